The summed E-state index contributed by atoms with van der Waals surface area (Å²) in [6.07, 6.45) is 2.68. The van der Waals surface area contributed by atoms with Gasteiger partial charge < -0.3 is 15.5 Å². The Balaban J connectivity index is 0.000000201. The van der Waals surface area contributed by atoms with Crippen molar-refractivity contribution in [1.82, 2.24) is 41.6 Å². The number of nitrogens with two attached hydrogens (primary N) is 1. The van der Waals surface area contributed by atoms with Gasteiger partial charge in [-0.2, -0.15) is 27.0 Å². The van der Waals surface area contributed by atoms with E-state index < -0.39 is 80.8 Å². The van der Waals surface area contributed by atoms with Gasteiger partial charge in [-0.1, -0.05) is 30.3 Å². The van der Waals surface area contributed by atoms with Crippen molar-refractivity contribution in [3.05, 3.63) is 35.9 Å². The summed E-state index contributed by atoms with van der Waals surface area (Å²) in [7, 11) is -9.69. The SMILES string of the molecule is NC(C(=O)NNC(=O)[C@@H]1CC[C@@H]2CN1C(=O)N2OS(=O)(=O)O)c1ccccc1.O=C(NNC(=O)[C@@H]1CC[C@@H]2CN1C(=O)N2OS(=O)(=O)O)C1CC1. The Morgan fingerprint density at radius 2 is 1.12 bits per heavy atom. The summed E-state index contributed by atoms with van der Waals surface area (Å²) in [6.45, 7) is 0.146. The lowest BCUT2D eigenvalue weighted by molar-refractivity contribution is -0.132. The standard InChI is InChI=1S/C15H19N5O7S.C11H16N4O7S/c16-12(9-4-2-1-3-5-9)14(22)18-17-13(21)11-7-6-10-8-19(11)15(23)20(10)27-28(24,25)26;16-9(6-1-2-6)12-13-10(17)8-4-3-7-5-14(8)11(18)15(7)22-23(19,20)21/h1-5,10-12H,6-8,16H2,(H,17,21)(H,18,22)(H,24,25,26);6-8H,1-5H2,(H,12,16)(H,13,17)(H,19,20,21)/t10-,11+,12?;7-,8+/m11/s1. The first kappa shape index (κ1) is 37.6. The van der Waals surface area contributed by atoms with Gasteiger partial charge in [-0.15, -0.1) is 8.57 Å². The molecule has 1 aliphatic carbocycles. The Morgan fingerprint density at radius 1 is 0.686 bits per heavy atom. The zero-order valence-electron chi connectivity index (χ0n) is 26.5. The molecule has 4 aliphatic heterocycles. The fourth-order valence-corrected chi connectivity index (χ4v) is 6.74. The van der Waals surface area contributed by atoms with Crippen LogP contribution in [0.2, 0.25) is 0 Å². The van der Waals surface area contributed by atoms with Gasteiger partial charge in [0, 0.05) is 19.0 Å². The van der Waals surface area contributed by atoms with E-state index in [9.17, 15) is 45.6 Å². The van der Waals surface area contributed by atoms with Crippen molar-refractivity contribution in [3.8, 4) is 0 Å². The first-order valence-corrected chi connectivity index (χ1v) is 18.2. The number of benzene rings is 1. The molecule has 0 aromatic heterocycles. The predicted octanol–water partition coefficient (Wildman–Crippen LogP) is -2.62. The summed E-state index contributed by atoms with van der Waals surface area (Å²) >= 11 is 0. The molecule has 0 radical (unpaired) electrons. The molecule has 1 unspecified atom stereocenters. The van der Waals surface area contributed by atoms with E-state index in [0.717, 1.165) is 22.6 Å². The van der Waals surface area contributed by atoms with Crippen LogP contribution < -0.4 is 27.4 Å². The molecule has 6 rings (SSSR count). The Labute approximate surface area is 290 Å². The zero-order chi connectivity index (χ0) is 37.2. The monoisotopic (exact) mass is 761 g/mol. The molecule has 5 aliphatic rings. The van der Waals surface area contributed by atoms with Gasteiger partial charge in [0.2, 0.25) is 5.91 Å². The van der Waals surface area contributed by atoms with Crippen LogP contribution in [-0.4, -0.2) is 119 Å². The maximum atomic E-state index is 12.4. The van der Waals surface area contributed by atoms with E-state index in [2.05, 4.69) is 30.3 Å². The number of rotatable bonds is 9. The first-order valence-electron chi connectivity index (χ1n) is 15.5. The predicted molar refractivity (Wildman–Crippen MR) is 165 cm³/mol. The van der Waals surface area contributed by atoms with Crippen molar-refractivity contribution in [1.29, 1.82) is 0 Å². The van der Waals surface area contributed by atoms with Gasteiger partial charge in [0.15, 0.2) is 0 Å². The summed E-state index contributed by atoms with van der Waals surface area (Å²) in [4.78, 5) is 74.8. The molecule has 8 N–H and O–H groups in total. The van der Waals surface area contributed by atoms with E-state index in [1.54, 1.807) is 30.3 Å². The third kappa shape index (κ3) is 9.18. The van der Waals surface area contributed by atoms with Crippen molar-refractivity contribution in [2.24, 2.45) is 11.7 Å². The number of amides is 8. The van der Waals surface area contributed by atoms with Crippen molar-refractivity contribution in [3.63, 3.8) is 0 Å². The smallest absolute Gasteiger partial charge is 0.316 e. The molecule has 280 valence electrons. The van der Waals surface area contributed by atoms with Crippen LogP contribution >= 0.6 is 0 Å². The Bertz CT molecular complexity index is 1780. The number of fused-ring (bicyclic) bond motifs is 4. The van der Waals surface area contributed by atoms with Crippen LogP contribution in [-0.2, 0) is 48.5 Å². The molecule has 4 heterocycles. The highest BCUT2D eigenvalue weighted by Gasteiger charge is 2.50. The van der Waals surface area contributed by atoms with Crippen LogP contribution in [0.5, 0.6) is 0 Å². The molecular formula is C26H35N9O14S2. The molecule has 1 aromatic carbocycles. The highest BCUT2D eigenvalue weighted by molar-refractivity contribution is 7.81. The van der Waals surface area contributed by atoms with Gasteiger partial charge in [0.25, 0.3) is 17.7 Å². The second-order valence-electron chi connectivity index (χ2n) is 12.1. The summed E-state index contributed by atoms with van der Waals surface area (Å²) in [5, 5.41) is 1.10. The second-order valence-corrected chi connectivity index (χ2v) is 14.1. The molecule has 1 aromatic rings. The number of urea groups is 2. The maximum absolute atomic E-state index is 12.4. The number of nitrogens with one attached hydrogen (secondary N) is 4. The largest absolute Gasteiger partial charge is 0.418 e. The van der Waals surface area contributed by atoms with Crippen molar-refractivity contribution in [2.75, 3.05) is 13.1 Å². The van der Waals surface area contributed by atoms with Crippen LogP contribution in [0.15, 0.2) is 30.3 Å². The van der Waals surface area contributed by atoms with Gasteiger partial charge in [0.1, 0.15) is 18.1 Å². The van der Waals surface area contributed by atoms with Crippen LogP contribution in [0.1, 0.15) is 50.1 Å². The normalized spacial score (nSPS) is 24.7. The van der Waals surface area contributed by atoms with Gasteiger partial charge in [-0.05, 0) is 44.1 Å². The lowest BCUT2D eigenvalue weighted by Gasteiger charge is -2.29. The number of hydroxylamine groups is 4. The van der Waals surface area contributed by atoms with Crippen molar-refractivity contribution >= 4 is 56.5 Å². The minimum atomic E-state index is -4.87. The van der Waals surface area contributed by atoms with Crippen LogP contribution in [0.4, 0.5) is 9.59 Å². The highest BCUT2D eigenvalue weighted by atomic mass is 32.3. The second kappa shape index (κ2) is 14.9. The van der Waals surface area contributed by atoms with Gasteiger partial charge in [-0.25, -0.2) is 9.59 Å². The summed E-state index contributed by atoms with van der Waals surface area (Å²) in [5.74, 6) is -2.19. The molecule has 4 bridgehead atoms. The topological polar surface area (TPSA) is 317 Å². The Hall–Kier alpha value is -4.66. The van der Waals surface area contributed by atoms with Crippen LogP contribution in [0.25, 0.3) is 0 Å². The van der Waals surface area contributed by atoms with Crippen molar-refractivity contribution in [2.45, 2.75) is 68.7 Å². The molecule has 8 amide bonds. The van der Waals surface area contributed by atoms with Gasteiger partial charge in [0.05, 0.1) is 12.1 Å². The first-order chi connectivity index (χ1) is 23.9. The van der Waals surface area contributed by atoms with Crippen LogP contribution in [0.3, 0.4) is 0 Å². The number of hydrogen-bond acceptors (Lipinski definition) is 13. The quantitative estimate of drug-likeness (QED) is 0.100. The Morgan fingerprint density at radius 3 is 1.55 bits per heavy atom. The lowest BCUT2D eigenvalue weighted by atomic mass is 10.0. The third-order valence-corrected chi connectivity index (χ3v) is 9.31. The number of hydrazine groups is 2. The van der Waals surface area contributed by atoms with E-state index >= 15 is 0 Å². The number of piperidine rings is 2. The highest BCUT2D eigenvalue weighted by Crippen LogP contribution is 2.32. The van der Waals surface area contributed by atoms with Crippen molar-refractivity contribution < 1.29 is 63.3 Å². The number of hydrogen-bond donors (Lipinski definition) is 7. The average molecular weight is 762 g/mol. The molecule has 5 fully saturated rings. The molecule has 23 nitrogen and oxygen atoms in total. The third-order valence-electron chi connectivity index (χ3n) is 8.61. The van der Waals surface area contributed by atoms with Gasteiger partial charge in [-0.3, -0.25) is 50.0 Å². The van der Waals surface area contributed by atoms with E-state index in [1.807, 2.05) is 0 Å². The maximum Gasteiger partial charge on any atom is 0.418 e. The lowest BCUT2D eigenvalue weighted by Crippen LogP contribution is -2.55. The zero-order valence-corrected chi connectivity index (χ0v) is 28.1. The van der Waals surface area contributed by atoms with E-state index in [-0.39, 0.29) is 44.2 Å². The van der Waals surface area contributed by atoms with Crippen LogP contribution in [0, 0.1) is 5.92 Å². The fraction of sp³-hybridized carbons (Fsp3) is 0.538. The molecule has 25 heteroatoms. The summed E-state index contributed by atoms with van der Waals surface area (Å²) in [5.41, 5.74) is 15.4. The molecule has 51 heavy (non-hydrogen) atoms. The minimum absolute atomic E-state index is 0.0456. The number of nitrogens with zero attached hydrogens (tertiary/aromatic N) is 4. The summed E-state index contributed by atoms with van der Waals surface area (Å²) in [6, 6.07) is 2.91. The minimum Gasteiger partial charge on any atom is -0.316 e. The van der Waals surface area contributed by atoms with E-state index in [0.29, 0.717) is 22.1 Å². The van der Waals surface area contributed by atoms with Gasteiger partial charge >= 0.3 is 32.9 Å². The average Bonchev–Trinajstić information content (AvgIpc) is 3.88. The Kier molecular flexibility index (Phi) is 11.0. The van der Waals surface area contributed by atoms with E-state index in [1.165, 1.54) is 0 Å². The fourth-order valence-electron chi connectivity index (χ4n) is 5.96. The molecule has 0 spiro atoms. The molecular weight excluding hydrogens is 726 g/mol. The molecule has 4 saturated heterocycles. The summed E-state index contributed by atoms with van der Waals surface area (Å²) < 4.78 is 69.3. The van der Waals surface area contributed by atoms with E-state index in [4.69, 9.17) is 14.8 Å². The molecule has 1 saturated carbocycles. The molecule has 5 atom stereocenters. The number of carbonyl (C=O) groups is 6. The number of carbonyl (C=O) groups excluding carboxylic acids is 6.